The van der Waals surface area contributed by atoms with Crippen LogP contribution in [0, 0.1) is 5.92 Å². The maximum atomic E-state index is 11.2. The van der Waals surface area contributed by atoms with E-state index < -0.39 is 0 Å². The molecule has 3 nitrogen and oxygen atoms in total. The second-order valence-corrected chi connectivity index (χ2v) is 3.57. The van der Waals surface area contributed by atoms with Crippen LogP contribution in [-0.2, 0) is 9.53 Å². The van der Waals surface area contributed by atoms with Gasteiger partial charge in [-0.15, -0.1) is 0 Å². The maximum Gasteiger partial charge on any atom is 0.322 e. The molecule has 0 saturated carbocycles. The van der Waals surface area contributed by atoms with Crippen molar-refractivity contribution < 1.29 is 9.53 Å². The van der Waals surface area contributed by atoms with Crippen LogP contribution in [0.4, 0.5) is 0 Å². The molecular formula is C11H23NO2. The summed E-state index contributed by atoms with van der Waals surface area (Å²) in [5.74, 6) is 0.507. The second-order valence-electron chi connectivity index (χ2n) is 3.57. The fourth-order valence-corrected chi connectivity index (χ4v) is 1.42. The number of esters is 1. The number of hydrogen-bond donors (Lipinski definition) is 1. The van der Waals surface area contributed by atoms with E-state index in [0.29, 0.717) is 5.92 Å². The number of ether oxygens (including phenoxy) is 1. The summed E-state index contributed by atoms with van der Waals surface area (Å²) in [6.45, 7) is 7.24. The molecule has 14 heavy (non-hydrogen) atoms. The van der Waals surface area contributed by atoms with Gasteiger partial charge in [0.2, 0.25) is 0 Å². The van der Waals surface area contributed by atoms with Gasteiger partial charge < -0.3 is 10.1 Å². The third-order valence-electron chi connectivity index (χ3n) is 2.70. The first-order valence-electron chi connectivity index (χ1n) is 5.50. The molecule has 0 aromatic rings. The van der Waals surface area contributed by atoms with Gasteiger partial charge in [0.05, 0.1) is 7.11 Å². The van der Waals surface area contributed by atoms with Crippen LogP contribution in [0.2, 0.25) is 0 Å². The minimum Gasteiger partial charge on any atom is -0.468 e. The van der Waals surface area contributed by atoms with Gasteiger partial charge in [0, 0.05) is 0 Å². The summed E-state index contributed by atoms with van der Waals surface area (Å²) in [6.07, 6.45) is 3.09. The highest BCUT2D eigenvalue weighted by molar-refractivity contribution is 5.75. The first kappa shape index (κ1) is 13.4. The monoisotopic (exact) mass is 201 g/mol. The predicted molar refractivity (Wildman–Crippen MR) is 58.2 cm³/mol. The first-order valence-corrected chi connectivity index (χ1v) is 5.50. The average molecular weight is 201 g/mol. The van der Waals surface area contributed by atoms with Crippen LogP contribution in [0.15, 0.2) is 0 Å². The fraction of sp³-hybridized carbons (Fsp3) is 0.909. The molecule has 0 aliphatic carbocycles. The highest BCUT2D eigenvalue weighted by Gasteiger charge is 2.16. The molecule has 0 bridgehead atoms. The molecule has 1 N–H and O–H groups in total. The quantitative estimate of drug-likeness (QED) is 0.640. The van der Waals surface area contributed by atoms with Crippen LogP contribution in [0.1, 0.15) is 40.0 Å². The van der Waals surface area contributed by atoms with Crippen molar-refractivity contribution in [3.63, 3.8) is 0 Å². The molecule has 0 aliphatic heterocycles. The lowest BCUT2D eigenvalue weighted by Crippen LogP contribution is -2.39. The van der Waals surface area contributed by atoms with E-state index in [0.717, 1.165) is 25.8 Å². The van der Waals surface area contributed by atoms with Gasteiger partial charge in [-0.05, 0) is 18.9 Å². The van der Waals surface area contributed by atoms with Crippen molar-refractivity contribution >= 4 is 5.97 Å². The van der Waals surface area contributed by atoms with Crippen LogP contribution in [0.3, 0.4) is 0 Å². The van der Waals surface area contributed by atoms with Gasteiger partial charge in [-0.1, -0.05) is 33.6 Å². The minimum atomic E-state index is -0.154. The third kappa shape index (κ3) is 4.61. The Morgan fingerprint density at radius 1 is 1.21 bits per heavy atom. The molecule has 0 aliphatic rings. The van der Waals surface area contributed by atoms with Crippen LogP contribution in [-0.4, -0.2) is 25.7 Å². The lowest BCUT2D eigenvalue weighted by atomic mass is 10.0. The zero-order valence-corrected chi connectivity index (χ0v) is 9.80. The highest BCUT2D eigenvalue weighted by atomic mass is 16.5. The SMILES string of the molecule is CCC(CC)CNC(CC)C(=O)OC. The lowest BCUT2D eigenvalue weighted by Gasteiger charge is -2.18. The van der Waals surface area contributed by atoms with Crippen molar-refractivity contribution in [1.29, 1.82) is 0 Å². The van der Waals surface area contributed by atoms with E-state index in [1.165, 1.54) is 7.11 Å². The number of nitrogens with one attached hydrogen (secondary N) is 1. The number of carbonyl (C=O) groups is 1. The van der Waals surface area contributed by atoms with Crippen molar-refractivity contribution in [2.75, 3.05) is 13.7 Å². The molecule has 0 spiro atoms. The number of carbonyl (C=O) groups excluding carboxylic acids is 1. The van der Waals surface area contributed by atoms with E-state index in [2.05, 4.69) is 19.2 Å². The van der Waals surface area contributed by atoms with Crippen LogP contribution >= 0.6 is 0 Å². The standard InChI is InChI=1S/C11H23NO2/c1-5-9(6-2)8-12-10(7-3)11(13)14-4/h9-10,12H,5-8H2,1-4H3. The van der Waals surface area contributed by atoms with Crippen molar-refractivity contribution in [3.8, 4) is 0 Å². The van der Waals surface area contributed by atoms with Crippen LogP contribution in [0.5, 0.6) is 0 Å². The molecule has 1 unspecified atom stereocenters. The average Bonchev–Trinajstić information content (AvgIpc) is 2.24. The summed E-state index contributed by atoms with van der Waals surface area (Å²) in [4.78, 5) is 11.2. The van der Waals surface area contributed by atoms with Gasteiger partial charge in [0.25, 0.3) is 0 Å². The van der Waals surface area contributed by atoms with Gasteiger partial charge in [-0.25, -0.2) is 0 Å². The molecule has 0 amide bonds. The molecule has 0 heterocycles. The van der Waals surface area contributed by atoms with E-state index in [9.17, 15) is 4.79 Å². The Morgan fingerprint density at radius 2 is 1.79 bits per heavy atom. The van der Waals surface area contributed by atoms with Gasteiger partial charge >= 0.3 is 5.97 Å². The zero-order valence-electron chi connectivity index (χ0n) is 9.80. The summed E-state index contributed by atoms with van der Waals surface area (Å²) < 4.78 is 4.70. The van der Waals surface area contributed by atoms with E-state index >= 15 is 0 Å². The number of hydrogen-bond acceptors (Lipinski definition) is 3. The van der Waals surface area contributed by atoms with Crippen molar-refractivity contribution in [1.82, 2.24) is 5.32 Å². The molecule has 0 fully saturated rings. The Bertz CT molecular complexity index is 155. The number of rotatable bonds is 7. The second kappa shape index (κ2) is 7.80. The largest absolute Gasteiger partial charge is 0.468 e. The van der Waals surface area contributed by atoms with Gasteiger partial charge in [-0.2, -0.15) is 0 Å². The lowest BCUT2D eigenvalue weighted by molar-refractivity contribution is -0.143. The van der Waals surface area contributed by atoms with Gasteiger partial charge in [0.1, 0.15) is 6.04 Å². The number of methoxy groups -OCH3 is 1. The molecule has 84 valence electrons. The van der Waals surface area contributed by atoms with E-state index in [4.69, 9.17) is 4.74 Å². The molecule has 0 aromatic heterocycles. The normalized spacial score (nSPS) is 12.9. The first-order chi connectivity index (χ1) is 6.69. The van der Waals surface area contributed by atoms with Crippen molar-refractivity contribution in [3.05, 3.63) is 0 Å². The Hall–Kier alpha value is -0.570. The highest BCUT2D eigenvalue weighted by Crippen LogP contribution is 2.06. The maximum absolute atomic E-state index is 11.2. The molecule has 0 radical (unpaired) electrons. The van der Waals surface area contributed by atoms with Crippen molar-refractivity contribution in [2.24, 2.45) is 5.92 Å². The molecular weight excluding hydrogens is 178 g/mol. The van der Waals surface area contributed by atoms with Crippen LogP contribution in [0.25, 0.3) is 0 Å². The van der Waals surface area contributed by atoms with E-state index in [1.807, 2.05) is 6.92 Å². The molecule has 1 atom stereocenters. The Balaban J connectivity index is 3.88. The topological polar surface area (TPSA) is 38.3 Å². The predicted octanol–water partition coefficient (Wildman–Crippen LogP) is 1.96. The summed E-state index contributed by atoms with van der Waals surface area (Å²) in [6, 6.07) is -0.138. The molecule has 3 heteroatoms. The summed E-state index contributed by atoms with van der Waals surface area (Å²) in [5, 5.41) is 3.25. The fourth-order valence-electron chi connectivity index (χ4n) is 1.42. The summed E-state index contributed by atoms with van der Waals surface area (Å²) >= 11 is 0. The Morgan fingerprint density at radius 3 is 2.14 bits per heavy atom. The molecule has 0 rings (SSSR count). The zero-order chi connectivity index (χ0) is 11.0. The van der Waals surface area contributed by atoms with E-state index in [-0.39, 0.29) is 12.0 Å². The minimum absolute atomic E-state index is 0.138. The third-order valence-corrected chi connectivity index (χ3v) is 2.70. The molecule has 0 saturated heterocycles. The smallest absolute Gasteiger partial charge is 0.322 e. The summed E-state index contributed by atoms with van der Waals surface area (Å²) in [5.41, 5.74) is 0. The van der Waals surface area contributed by atoms with Gasteiger partial charge in [0.15, 0.2) is 0 Å². The summed E-state index contributed by atoms with van der Waals surface area (Å²) in [7, 11) is 1.43. The van der Waals surface area contributed by atoms with Gasteiger partial charge in [-0.3, -0.25) is 4.79 Å². The van der Waals surface area contributed by atoms with Crippen molar-refractivity contribution in [2.45, 2.75) is 46.1 Å². The van der Waals surface area contributed by atoms with Crippen LogP contribution < -0.4 is 5.32 Å². The molecule has 0 aromatic carbocycles. The Kier molecular flexibility index (Phi) is 7.48. The van der Waals surface area contributed by atoms with E-state index in [1.54, 1.807) is 0 Å². The Labute approximate surface area is 87.2 Å².